The fourth-order valence-electron chi connectivity index (χ4n) is 3.47. The highest BCUT2D eigenvalue weighted by molar-refractivity contribution is 9.10. The third-order valence-corrected chi connectivity index (χ3v) is 6.95. The molecule has 4 rings (SSSR count). The van der Waals surface area contributed by atoms with Gasteiger partial charge in [0, 0.05) is 28.7 Å². The molecule has 3 heterocycles. The van der Waals surface area contributed by atoms with Gasteiger partial charge in [0.1, 0.15) is 6.33 Å². The molecule has 1 aromatic heterocycles. The summed E-state index contributed by atoms with van der Waals surface area (Å²) in [6, 6.07) is 6.68. The SMILES string of the molecule is O=S(=O)(c1ccc(Br)cc1)N1C2CCC1c1cncnc1C2. The molecule has 2 aliphatic rings. The molecule has 22 heavy (non-hydrogen) atoms. The number of nitrogens with zero attached hydrogens (tertiary/aromatic N) is 3. The van der Waals surface area contributed by atoms with Gasteiger partial charge in [-0.25, -0.2) is 18.4 Å². The number of benzene rings is 1. The van der Waals surface area contributed by atoms with Crippen molar-refractivity contribution in [3.8, 4) is 0 Å². The molecule has 2 unspecified atom stereocenters. The lowest BCUT2D eigenvalue weighted by atomic mass is 10.0. The molecule has 2 bridgehead atoms. The van der Waals surface area contributed by atoms with Gasteiger partial charge in [-0.05, 0) is 37.1 Å². The van der Waals surface area contributed by atoms with Crippen molar-refractivity contribution in [3.05, 3.63) is 52.5 Å². The van der Waals surface area contributed by atoms with E-state index in [9.17, 15) is 8.42 Å². The van der Waals surface area contributed by atoms with Crippen LogP contribution in [0, 0.1) is 0 Å². The predicted molar refractivity (Wildman–Crippen MR) is 84.7 cm³/mol. The van der Waals surface area contributed by atoms with Crippen molar-refractivity contribution < 1.29 is 8.42 Å². The summed E-state index contributed by atoms with van der Waals surface area (Å²) in [7, 11) is -3.50. The predicted octanol–water partition coefficient (Wildman–Crippen LogP) is 2.69. The fraction of sp³-hybridized carbons (Fsp3) is 0.333. The van der Waals surface area contributed by atoms with Crippen LogP contribution in [0.1, 0.15) is 30.1 Å². The summed E-state index contributed by atoms with van der Waals surface area (Å²) in [6.45, 7) is 0. The monoisotopic (exact) mass is 379 g/mol. The van der Waals surface area contributed by atoms with Crippen LogP contribution < -0.4 is 0 Å². The Labute approximate surface area is 137 Å². The zero-order valence-corrected chi connectivity index (χ0v) is 14.1. The lowest BCUT2D eigenvalue weighted by Gasteiger charge is -2.34. The van der Waals surface area contributed by atoms with E-state index < -0.39 is 10.0 Å². The van der Waals surface area contributed by atoms with Gasteiger partial charge in [-0.3, -0.25) is 0 Å². The lowest BCUT2D eigenvalue weighted by molar-refractivity contribution is 0.300. The van der Waals surface area contributed by atoms with Gasteiger partial charge in [0.05, 0.1) is 16.6 Å². The van der Waals surface area contributed by atoms with E-state index in [2.05, 4.69) is 25.9 Å². The van der Waals surface area contributed by atoms with Crippen LogP contribution in [0.5, 0.6) is 0 Å². The van der Waals surface area contributed by atoms with Crippen molar-refractivity contribution in [2.24, 2.45) is 0 Å². The number of rotatable bonds is 2. The Morgan fingerprint density at radius 1 is 1.18 bits per heavy atom. The molecule has 2 aliphatic heterocycles. The molecule has 5 nitrogen and oxygen atoms in total. The number of aromatic nitrogens is 2. The van der Waals surface area contributed by atoms with Crippen molar-refractivity contribution in [2.75, 3.05) is 0 Å². The van der Waals surface area contributed by atoms with Crippen molar-refractivity contribution in [2.45, 2.75) is 36.2 Å². The van der Waals surface area contributed by atoms with E-state index in [-0.39, 0.29) is 12.1 Å². The Balaban J connectivity index is 1.79. The van der Waals surface area contributed by atoms with Crippen LogP contribution in [0.4, 0.5) is 0 Å². The quantitative estimate of drug-likeness (QED) is 0.804. The van der Waals surface area contributed by atoms with Gasteiger partial charge in [-0.2, -0.15) is 4.31 Å². The molecule has 1 fully saturated rings. The minimum Gasteiger partial charge on any atom is -0.244 e. The van der Waals surface area contributed by atoms with Crippen LogP contribution in [-0.4, -0.2) is 28.7 Å². The molecule has 0 radical (unpaired) electrons. The Hall–Kier alpha value is -1.31. The van der Waals surface area contributed by atoms with Gasteiger partial charge in [0.15, 0.2) is 0 Å². The Morgan fingerprint density at radius 3 is 2.73 bits per heavy atom. The Kier molecular flexibility index (Phi) is 3.32. The third-order valence-electron chi connectivity index (χ3n) is 4.44. The molecule has 2 aromatic rings. The van der Waals surface area contributed by atoms with Gasteiger partial charge in [-0.15, -0.1) is 0 Å². The molecule has 1 aromatic carbocycles. The molecule has 0 spiro atoms. The topological polar surface area (TPSA) is 63.2 Å². The summed E-state index contributed by atoms with van der Waals surface area (Å²) in [5, 5.41) is 0. The van der Waals surface area contributed by atoms with E-state index >= 15 is 0 Å². The van der Waals surface area contributed by atoms with Crippen LogP contribution >= 0.6 is 15.9 Å². The van der Waals surface area contributed by atoms with Crippen LogP contribution in [0.15, 0.2) is 46.2 Å². The number of halogens is 1. The second kappa shape index (κ2) is 5.11. The van der Waals surface area contributed by atoms with E-state index in [0.29, 0.717) is 11.3 Å². The molecule has 1 saturated heterocycles. The van der Waals surface area contributed by atoms with Crippen molar-refractivity contribution >= 4 is 26.0 Å². The highest BCUT2D eigenvalue weighted by Crippen LogP contribution is 2.45. The minimum absolute atomic E-state index is 0.000969. The normalized spacial score (nSPS) is 24.2. The van der Waals surface area contributed by atoms with Crippen molar-refractivity contribution in [1.82, 2.24) is 14.3 Å². The standard InChI is InChI=1S/C15H14BrN3O2S/c16-10-1-4-12(5-2-10)22(20,21)19-11-3-6-15(19)13-8-17-9-18-14(13)7-11/h1-2,4-5,8-9,11,15H,3,6-7H2. The Bertz CT molecular complexity index is 823. The number of hydrogen-bond acceptors (Lipinski definition) is 4. The number of hydrogen-bond donors (Lipinski definition) is 0. The average molecular weight is 380 g/mol. The summed E-state index contributed by atoms with van der Waals surface area (Å²) in [6.07, 6.45) is 5.68. The van der Waals surface area contributed by atoms with E-state index in [4.69, 9.17) is 0 Å². The molecule has 0 saturated carbocycles. The summed E-state index contributed by atoms with van der Waals surface area (Å²) in [5.74, 6) is 0. The van der Waals surface area contributed by atoms with E-state index in [1.54, 1.807) is 34.8 Å². The van der Waals surface area contributed by atoms with Gasteiger partial charge in [0.25, 0.3) is 0 Å². The molecular formula is C15H14BrN3O2S. The molecule has 7 heteroatoms. The largest absolute Gasteiger partial charge is 0.244 e. The maximum absolute atomic E-state index is 13.0. The van der Waals surface area contributed by atoms with Crippen molar-refractivity contribution in [3.63, 3.8) is 0 Å². The van der Waals surface area contributed by atoms with E-state index in [1.165, 1.54) is 6.33 Å². The first-order chi connectivity index (χ1) is 10.6. The van der Waals surface area contributed by atoms with Crippen molar-refractivity contribution in [1.29, 1.82) is 0 Å². The van der Waals surface area contributed by atoms with E-state index in [0.717, 1.165) is 28.6 Å². The van der Waals surface area contributed by atoms with Crippen LogP contribution in [0.3, 0.4) is 0 Å². The number of fused-ring (bicyclic) bond motifs is 4. The zero-order valence-electron chi connectivity index (χ0n) is 11.7. The van der Waals surface area contributed by atoms with Crippen LogP contribution in [0.2, 0.25) is 0 Å². The maximum Gasteiger partial charge on any atom is 0.243 e. The molecule has 2 atom stereocenters. The third kappa shape index (κ3) is 2.11. The maximum atomic E-state index is 13.0. The average Bonchev–Trinajstić information content (AvgIpc) is 2.84. The summed E-state index contributed by atoms with van der Waals surface area (Å²) < 4.78 is 28.6. The number of sulfonamides is 1. The first kappa shape index (κ1) is 14.3. The Morgan fingerprint density at radius 2 is 1.95 bits per heavy atom. The summed E-state index contributed by atoms with van der Waals surface area (Å²) in [5.41, 5.74) is 1.95. The summed E-state index contributed by atoms with van der Waals surface area (Å²) in [4.78, 5) is 8.74. The van der Waals surface area contributed by atoms with Gasteiger partial charge in [0.2, 0.25) is 10.0 Å². The van der Waals surface area contributed by atoms with Gasteiger partial charge < -0.3 is 0 Å². The highest BCUT2D eigenvalue weighted by atomic mass is 79.9. The summed E-state index contributed by atoms with van der Waals surface area (Å²) >= 11 is 3.34. The van der Waals surface area contributed by atoms with Crippen LogP contribution in [0.25, 0.3) is 0 Å². The zero-order chi connectivity index (χ0) is 15.3. The first-order valence-electron chi connectivity index (χ1n) is 7.15. The van der Waals surface area contributed by atoms with Gasteiger partial charge >= 0.3 is 0 Å². The molecule has 0 amide bonds. The molecule has 114 valence electrons. The molecule has 0 N–H and O–H groups in total. The minimum atomic E-state index is -3.50. The second-order valence-corrected chi connectivity index (χ2v) is 8.42. The molecule has 0 aliphatic carbocycles. The van der Waals surface area contributed by atoms with Gasteiger partial charge in [-0.1, -0.05) is 15.9 Å². The smallest absolute Gasteiger partial charge is 0.243 e. The fourth-order valence-corrected chi connectivity index (χ4v) is 5.59. The van der Waals surface area contributed by atoms with Crippen LogP contribution in [-0.2, 0) is 16.4 Å². The second-order valence-electron chi connectivity index (χ2n) is 5.66. The lowest BCUT2D eigenvalue weighted by Crippen LogP contribution is -2.42. The molecular weight excluding hydrogens is 366 g/mol. The van der Waals surface area contributed by atoms with E-state index in [1.807, 2.05) is 0 Å². The first-order valence-corrected chi connectivity index (χ1v) is 9.38. The highest BCUT2D eigenvalue weighted by Gasteiger charge is 2.47.